The maximum absolute atomic E-state index is 5.56. The summed E-state index contributed by atoms with van der Waals surface area (Å²) < 4.78 is 6.53. The lowest BCUT2D eigenvalue weighted by Crippen LogP contribution is -2.22. The Balaban J connectivity index is 1.64. The summed E-state index contributed by atoms with van der Waals surface area (Å²) in [6.45, 7) is 2.81. The molecule has 0 amide bonds. The van der Waals surface area contributed by atoms with E-state index in [2.05, 4.69) is 4.90 Å². The zero-order chi connectivity index (χ0) is 12.6. The van der Waals surface area contributed by atoms with Crippen LogP contribution in [0.1, 0.15) is 12.8 Å². The molecule has 4 heteroatoms. The third-order valence-corrected chi connectivity index (χ3v) is 4.05. The number of thiocarbonyl (C=S) groups is 1. The maximum Gasteiger partial charge on any atom is 0.140 e. The molecular weight excluding hydrogens is 262 g/mol. The van der Waals surface area contributed by atoms with Gasteiger partial charge in [-0.3, -0.25) is 0 Å². The van der Waals surface area contributed by atoms with Crippen LogP contribution in [0.3, 0.4) is 0 Å². The van der Waals surface area contributed by atoms with Crippen LogP contribution in [-0.4, -0.2) is 28.9 Å². The normalized spacial score (nSPS) is 15.2. The Kier molecular flexibility index (Phi) is 5.55. The largest absolute Gasteiger partial charge is 0.490 e. The van der Waals surface area contributed by atoms with Crippen molar-refractivity contribution in [1.29, 1.82) is 0 Å². The Morgan fingerprint density at radius 1 is 1.28 bits per heavy atom. The van der Waals surface area contributed by atoms with Gasteiger partial charge in [-0.15, -0.1) is 0 Å². The van der Waals surface area contributed by atoms with Crippen LogP contribution in [0.2, 0.25) is 0 Å². The molecule has 1 fully saturated rings. The molecular formula is C14H17NOS2. The average molecular weight is 279 g/mol. The minimum absolute atomic E-state index is 0.583. The fourth-order valence-corrected chi connectivity index (χ4v) is 2.75. The second-order valence-corrected chi connectivity index (χ2v) is 5.61. The Hall–Kier alpha value is -1.00. The fourth-order valence-electron chi connectivity index (χ4n) is 1.78. The van der Waals surface area contributed by atoms with Crippen LogP contribution >= 0.6 is 24.0 Å². The van der Waals surface area contributed by atoms with Crippen LogP contribution in [0.15, 0.2) is 41.8 Å². The van der Waals surface area contributed by atoms with Crippen molar-refractivity contribution in [1.82, 2.24) is 4.90 Å². The number of benzene rings is 1. The van der Waals surface area contributed by atoms with E-state index >= 15 is 0 Å². The second kappa shape index (κ2) is 7.44. The topological polar surface area (TPSA) is 12.5 Å². The molecule has 1 heterocycles. The Labute approximate surface area is 118 Å². The highest BCUT2D eigenvalue weighted by Crippen LogP contribution is 2.17. The van der Waals surface area contributed by atoms with Gasteiger partial charge in [0.2, 0.25) is 0 Å². The molecule has 0 bridgehead atoms. The minimum Gasteiger partial charge on any atom is -0.490 e. The number of hydrogen-bond acceptors (Lipinski definition) is 3. The van der Waals surface area contributed by atoms with Crippen molar-refractivity contribution in [3.05, 3.63) is 41.8 Å². The van der Waals surface area contributed by atoms with Gasteiger partial charge in [0.25, 0.3) is 0 Å². The molecule has 1 aromatic carbocycles. The molecule has 0 atom stereocenters. The molecule has 1 aliphatic heterocycles. The summed E-state index contributed by atoms with van der Waals surface area (Å²) in [6, 6.07) is 9.82. The third-order valence-electron chi connectivity index (χ3n) is 2.72. The molecule has 0 saturated carbocycles. The number of rotatable bonds is 4. The van der Waals surface area contributed by atoms with E-state index in [0.717, 1.165) is 23.2 Å². The molecule has 2 rings (SSSR count). The van der Waals surface area contributed by atoms with Crippen LogP contribution in [0.4, 0.5) is 0 Å². The van der Waals surface area contributed by atoms with E-state index in [1.165, 1.54) is 12.8 Å². The fraction of sp³-hybridized carbons (Fsp3) is 0.357. The van der Waals surface area contributed by atoms with Gasteiger partial charge in [-0.2, -0.15) is 0 Å². The molecule has 2 nitrogen and oxygen atoms in total. The zero-order valence-electron chi connectivity index (χ0n) is 10.2. The molecule has 0 aromatic heterocycles. The first-order chi connectivity index (χ1) is 8.86. The van der Waals surface area contributed by atoms with E-state index in [0.29, 0.717) is 6.61 Å². The molecule has 96 valence electrons. The number of hydrogen-bond donors (Lipinski definition) is 0. The van der Waals surface area contributed by atoms with E-state index < -0.39 is 0 Å². The molecule has 1 saturated heterocycles. The summed E-state index contributed by atoms with van der Waals surface area (Å²) in [4.78, 5) is 2.27. The summed E-state index contributed by atoms with van der Waals surface area (Å²) in [5.41, 5.74) is 0. The quantitative estimate of drug-likeness (QED) is 0.779. The minimum atomic E-state index is 0.583. The molecule has 1 aromatic rings. The Morgan fingerprint density at radius 2 is 2.00 bits per heavy atom. The van der Waals surface area contributed by atoms with Crippen LogP contribution in [0, 0.1) is 0 Å². The van der Waals surface area contributed by atoms with Gasteiger partial charge in [-0.1, -0.05) is 42.2 Å². The van der Waals surface area contributed by atoms with Crippen molar-refractivity contribution in [3.63, 3.8) is 0 Å². The molecule has 0 aliphatic carbocycles. The van der Waals surface area contributed by atoms with Gasteiger partial charge in [0, 0.05) is 13.1 Å². The van der Waals surface area contributed by atoms with Crippen molar-refractivity contribution >= 4 is 28.3 Å². The van der Waals surface area contributed by atoms with Crippen LogP contribution in [0.25, 0.3) is 0 Å². The van der Waals surface area contributed by atoms with Crippen molar-refractivity contribution in [2.75, 3.05) is 19.7 Å². The van der Waals surface area contributed by atoms with Crippen LogP contribution in [0.5, 0.6) is 5.75 Å². The lowest BCUT2D eigenvalue weighted by atomic mass is 10.3. The Bertz CT molecular complexity index is 400. The predicted octanol–water partition coefficient (Wildman–Crippen LogP) is 3.69. The number of nitrogens with zero attached hydrogens (tertiary/aromatic N) is 1. The number of likely N-dealkylation sites (tertiary alicyclic amines) is 1. The van der Waals surface area contributed by atoms with E-state index in [4.69, 9.17) is 17.0 Å². The SMILES string of the molecule is S=C(S/C=C\COc1ccccc1)N1CCCC1. The number of ether oxygens (including phenoxy) is 1. The predicted molar refractivity (Wildman–Crippen MR) is 82.1 cm³/mol. The highest BCUT2D eigenvalue weighted by atomic mass is 32.2. The van der Waals surface area contributed by atoms with E-state index in [-0.39, 0.29) is 0 Å². The van der Waals surface area contributed by atoms with Crippen molar-refractivity contribution in [2.45, 2.75) is 12.8 Å². The number of para-hydroxylation sites is 1. The summed E-state index contributed by atoms with van der Waals surface area (Å²) >= 11 is 6.96. The lowest BCUT2D eigenvalue weighted by Gasteiger charge is -2.15. The van der Waals surface area contributed by atoms with Crippen molar-refractivity contribution < 1.29 is 4.74 Å². The Morgan fingerprint density at radius 3 is 2.72 bits per heavy atom. The highest BCUT2D eigenvalue weighted by Gasteiger charge is 2.13. The molecule has 1 aliphatic rings. The third kappa shape index (κ3) is 4.35. The number of thioether (sulfide) groups is 1. The van der Waals surface area contributed by atoms with Gasteiger partial charge in [-0.05, 0) is 36.5 Å². The van der Waals surface area contributed by atoms with Crippen LogP contribution in [-0.2, 0) is 0 Å². The zero-order valence-corrected chi connectivity index (χ0v) is 11.9. The monoisotopic (exact) mass is 279 g/mol. The van der Waals surface area contributed by atoms with Gasteiger partial charge in [-0.25, -0.2) is 0 Å². The molecule has 18 heavy (non-hydrogen) atoms. The standard InChI is InChI=1S/C14H17NOS2/c17-14(15-9-4-5-10-15)18-12-6-11-16-13-7-2-1-3-8-13/h1-3,6-8,12H,4-5,9-11H2/b12-6-. The summed E-state index contributed by atoms with van der Waals surface area (Å²) in [5, 5.41) is 2.02. The smallest absolute Gasteiger partial charge is 0.140 e. The molecule has 0 unspecified atom stereocenters. The molecule has 0 spiro atoms. The first kappa shape index (κ1) is 13.4. The first-order valence-corrected chi connectivity index (χ1v) is 7.43. The van der Waals surface area contributed by atoms with E-state index in [1.54, 1.807) is 11.8 Å². The summed E-state index contributed by atoms with van der Waals surface area (Å²) in [7, 11) is 0. The molecule has 0 radical (unpaired) electrons. The van der Waals surface area contributed by atoms with Crippen molar-refractivity contribution in [3.8, 4) is 5.75 Å². The lowest BCUT2D eigenvalue weighted by molar-refractivity contribution is 0.363. The van der Waals surface area contributed by atoms with Gasteiger partial charge < -0.3 is 9.64 Å². The highest BCUT2D eigenvalue weighted by molar-refractivity contribution is 8.24. The first-order valence-electron chi connectivity index (χ1n) is 6.15. The van der Waals surface area contributed by atoms with Gasteiger partial charge >= 0.3 is 0 Å². The van der Waals surface area contributed by atoms with Gasteiger partial charge in [0.15, 0.2) is 0 Å². The average Bonchev–Trinajstić information content (AvgIpc) is 2.93. The van der Waals surface area contributed by atoms with Gasteiger partial charge in [0.05, 0.1) is 0 Å². The molecule has 0 N–H and O–H groups in total. The van der Waals surface area contributed by atoms with E-state index in [1.807, 2.05) is 41.8 Å². The van der Waals surface area contributed by atoms with Crippen LogP contribution < -0.4 is 4.74 Å². The van der Waals surface area contributed by atoms with E-state index in [9.17, 15) is 0 Å². The van der Waals surface area contributed by atoms with Crippen molar-refractivity contribution in [2.24, 2.45) is 0 Å². The summed E-state index contributed by atoms with van der Waals surface area (Å²) in [5.74, 6) is 0.897. The van der Waals surface area contributed by atoms with Gasteiger partial charge in [0.1, 0.15) is 16.7 Å². The second-order valence-electron chi connectivity index (χ2n) is 4.07. The maximum atomic E-state index is 5.56. The summed E-state index contributed by atoms with van der Waals surface area (Å²) in [6.07, 6.45) is 4.53.